The number of benzene rings is 2. The Labute approximate surface area is 191 Å². The number of nitrogens with one attached hydrogen (secondary N) is 2. The Morgan fingerprint density at radius 2 is 1.91 bits per heavy atom. The lowest BCUT2D eigenvalue weighted by atomic mass is 10.2. The number of ether oxygens (including phenoxy) is 1. The van der Waals surface area contributed by atoms with E-state index in [9.17, 15) is 4.79 Å². The fraction of sp³-hybridized carbons (Fsp3) is 0.208. The van der Waals surface area contributed by atoms with Crippen LogP contribution in [0.5, 0.6) is 5.88 Å². The van der Waals surface area contributed by atoms with Gasteiger partial charge in [0.05, 0.1) is 16.1 Å². The van der Waals surface area contributed by atoms with Gasteiger partial charge in [-0.05, 0) is 49.2 Å². The minimum Gasteiger partial charge on any atom is -0.466 e. The third kappa shape index (κ3) is 4.84. The summed E-state index contributed by atoms with van der Waals surface area (Å²) < 4.78 is 7.36. The van der Waals surface area contributed by atoms with Crippen LogP contribution in [0, 0.1) is 13.8 Å². The number of amides is 1. The van der Waals surface area contributed by atoms with E-state index in [-0.39, 0.29) is 12.5 Å². The molecule has 0 fully saturated rings. The van der Waals surface area contributed by atoms with Crippen molar-refractivity contribution >= 4 is 39.9 Å². The van der Waals surface area contributed by atoms with Crippen molar-refractivity contribution in [3.63, 3.8) is 0 Å². The van der Waals surface area contributed by atoms with Crippen LogP contribution in [0.3, 0.4) is 0 Å². The molecule has 0 radical (unpaired) electrons. The van der Waals surface area contributed by atoms with E-state index in [1.54, 1.807) is 23.9 Å². The number of rotatable bonds is 7. The first kappa shape index (κ1) is 21.6. The number of carbonyl (C=O) groups is 1. The molecule has 0 bridgehead atoms. The number of aromatic nitrogens is 3. The van der Waals surface area contributed by atoms with Gasteiger partial charge in [0.1, 0.15) is 0 Å². The van der Waals surface area contributed by atoms with Crippen molar-refractivity contribution < 1.29 is 9.53 Å². The molecule has 164 valence electrons. The fourth-order valence-electron chi connectivity index (χ4n) is 3.51. The van der Waals surface area contributed by atoms with Gasteiger partial charge in [-0.3, -0.25) is 4.79 Å². The van der Waals surface area contributed by atoms with Gasteiger partial charge in [0.25, 0.3) is 5.91 Å². The third-order valence-electron chi connectivity index (χ3n) is 5.01. The minimum atomic E-state index is -0.303. The van der Waals surface area contributed by atoms with Crippen LogP contribution in [-0.4, -0.2) is 27.3 Å². The van der Waals surface area contributed by atoms with Gasteiger partial charge >= 0.3 is 0 Å². The minimum absolute atomic E-state index is 0.176. The number of carbonyl (C=O) groups excluding carboxylic acids is 1. The van der Waals surface area contributed by atoms with Gasteiger partial charge in [0.15, 0.2) is 12.3 Å². The zero-order valence-electron chi connectivity index (χ0n) is 18.1. The molecule has 2 aromatic carbocycles. The van der Waals surface area contributed by atoms with Gasteiger partial charge in [-0.15, -0.1) is 5.10 Å². The summed E-state index contributed by atoms with van der Waals surface area (Å²) in [5.74, 6) is 0.0868. The summed E-state index contributed by atoms with van der Waals surface area (Å²) >= 11 is 6.39. The fourth-order valence-corrected chi connectivity index (χ4v) is 3.76. The molecule has 0 aliphatic heterocycles. The predicted octanol–water partition coefficient (Wildman–Crippen LogP) is 4.87. The summed E-state index contributed by atoms with van der Waals surface area (Å²) in [7, 11) is 1.80. The van der Waals surface area contributed by atoms with Gasteiger partial charge in [0.2, 0.25) is 5.88 Å². The average Bonchev–Trinajstić information content (AvgIpc) is 3.08. The van der Waals surface area contributed by atoms with E-state index < -0.39 is 0 Å². The Hall–Kier alpha value is -3.58. The second-order valence-electron chi connectivity index (χ2n) is 7.58. The molecule has 0 unspecified atom stereocenters. The molecule has 0 aliphatic carbocycles. The van der Waals surface area contributed by atoms with Crippen LogP contribution in [0.15, 0.2) is 54.6 Å². The average molecular weight is 450 g/mol. The first-order valence-electron chi connectivity index (χ1n) is 10.2. The van der Waals surface area contributed by atoms with Crippen LogP contribution in [0.25, 0.3) is 11.0 Å². The summed E-state index contributed by atoms with van der Waals surface area (Å²) in [5.41, 5.74) is 5.17. The number of fused-ring (bicyclic) bond motifs is 1. The van der Waals surface area contributed by atoms with E-state index >= 15 is 0 Å². The van der Waals surface area contributed by atoms with E-state index in [2.05, 4.69) is 20.7 Å². The molecule has 0 atom stereocenters. The monoisotopic (exact) mass is 449 g/mol. The summed E-state index contributed by atoms with van der Waals surface area (Å²) in [6.07, 6.45) is 0. The highest BCUT2D eigenvalue weighted by molar-refractivity contribution is 6.33. The Morgan fingerprint density at radius 1 is 1.12 bits per heavy atom. The Bertz CT molecular complexity index is 1270. The summed E-state index contributed by atoms with van der Waals surface area (Å²) in [6, 6.07) is 17.4. The van der Waals surface area contributed by atoms with Crippen molar-refractivity contribution in [3.05, 3.63) is 76.4 Å². The van der Waals surface area contributed by atoms with Crippen molar-refractivity contribution in [3.8, 4) is 5.88 Å². The molecule has 32 heavy (non-hydrogen) atoms. The molecular formula is C24H24ClN5O2. The molecular weight excluding hydrogens is 426 g/mol. The van der Waals surface area contributed by atoms with Gasteiger partial charge in [0, 0.05) is 25.0 Å². The molecule has 2 heterocycles. The molecule has 0 spiro atoms. The van der Waals surface area contributed by atoms with Crippen molar-refractivity contribution in [2.75, 3.05) is 17.2 Å². The van der Waals surface area contributed by atoms with Gasteiger partial charge in [-0.1, -0.05) is 41.9 Å². The van der Waals surface area contributed by atoms with E-state index in [0.29, 0.717) is 23.1 Å². The van der Waals surface area contributed by atoms with Crippen LogP contribution in [0.2, 0.25) is 5.02 Å². The van der Waals surface area contributed by atoms with E-state index in [1.165, 1.54) is 0 Å². The highest BCUT2D eigenvalue weighted by Gasteiger charge is 2.16. The topological polar surface area (TPSA) is 81.1 Å². The molecule has 0 saturated heterocycles. The lowest BCUT2D eigenvalue weighted by Gasteiger charge is -2.11. The third-order valence-corrected chi connectivity index (χ3v) is 5.32. The molecule has 8 heteroatoms. The summed E-state index contributed by atoms with van der Waals surface area (Å²) in [6.45, 7) is 4.39. The van der Waals surface area contributed by atoms with Crippen LogP contribution >= 0.6 is 11.6 Å². The standard InChI is InChI=1S/C24H24ClN5O2/c1-15-11-16(2)27-23-22(15)24(29-30(23)3)32-14-21(31)28-18-9-10-20(19(25)12-18)26-13-17-7-5-4-6-8-17/h4-12,26H,13-14H2,1-3H3,(H,28,31). The number of nitrogens with zero attached hydrogens (tertiary/aromatic N) is 3. The molecule has 4 aromatic rings. The molecule has 2 aromatic heterocycles. The van der Waals surface area contributed by atoms with Crippen LogP contribution in [0.4, 0.5) is 11.4 Å². The first-order valence-corrected chi connectivity index (χ1v) is 10.6. The molecule has 0 saturated carbocycles. The van der Waals surface area contributed by atoms with Crippen LogP contribution in [-0.2, 0) is 18.4 Å². The molecule has 4 rings (SSSR count). The number of anilines is 2. The number of hydrogen-bond donors (Lipinski definition) is 2. The maximum atomic E-state index is 12.4. The smallest absolute Gasteiger partial charge is 0.262 e. The Kier molecular flexibility index (Phi) is 6.28. The van der Waals surface area contributed by atoms with E-state index in [0.717, 1.165) is 33.5 Å². The normalized spacial score (nSPS) is 10.9. The lowest BCUT2D eigenvalue weighted by molar-refractivity contribution is -0.118. The van der Waals surface area contributed by atoms with Crippen LogP contribution in [0.1, 0.15) is 16.8 Å². The van der Waals surface area contributed by atoms with Crippen molar-refractivity contribution in [1.82, 2.24) is 14.8 Å². The van der Waals surface area contributed by atoms with Gasteiger partial charge in [-0.2, -0.15) is 0 Å². The van der Waals surface area contributed by atoms with E-state index in [4.69, 9.17) is 16.3 Å². The Balaban J connectivity index is 1.37. The van der Waals surface area contributed by atoms with Crippen molar-refractivity contribution in [2.24, 2.45) is 7.05 Å². The summed E-state index contributed by atoms with van der Waals surface area (Å²) in [4.78, 5) is 16.9. The van der Waals surface area contributed by atoms with Crippen molar-refractivity contribution in [2.45, 2.75) is 20.4 Å². The molecule has 7 nitrogen and oxygen atoms in total. The van der Waals surface area contributed by atoms with E-state index in [1.807, 2.05) is 56.3 Å². The Morgan fingerprint density at radius 3 is 2.66 bits per heavy atom. The SMILES string of the molecule is Cc1cc(C)c2c(OCC(=O)Nc3ccc(NCc4ccccc4)c(Cl)c3)nn(C)c2n1. The second-order valence-corrected chi connectivity index (χ2v) is 7.99. The highest BCUT2D eigenvalue weighted by atomic mass is 35.5. The highest BCUT2D eigenvalue weighted by Crippen LogP contribution is 2.28. The first-order chi connectivity index (χ1) is 15.4. The zero-order chi connectivity index (χ0) is 22.7. The molecule has 0 aliphatic rings. The number of pyridine rings is 1. The molecule has 1 amide bonds. The molecule has 2 N–H and O–H groups in total. The van der Waals surface area contributed by atoms with Gasteiger partial charge < -0.3 is 15.4 Å². The second kappa shape index (κ2) is 9.28. The number of aryl methyl sites for hydroxylation is 3. The van der Waals surface area contributed by atoms with Gasteiger partial charge in [-0.25, -0.2) is 9.67 Å². The largest absolute Gasteiger partial charge is 0.466 e. The quantitative estimate of drug-likeness (QED) is 0.420. The van der Waals surface area contributed by atoms with Crippen molar-refractivity contribution in [1.29, 1.82) is 0 Å². The predicted molar refractivity (Wildman–Crippen MR) is 127 cm³/mol. The number of hydrogen-bond acceptors (Lipinski definition) is 5. The number of halogens is 1. The maximum absolute atomic E-state index is 12.4. The summed E-state index contributed by atoms with van der Waals surface area (Å²) in [5, 5.41) is 11.8. The lowest BCUT2D eigenvalue weighted by Crippen LogP contribution is -2.20. The maximum Gasteiger partial charge on any atom is 0.262 e. The zero-order valence-corrected chi connectivity index (χ0v) is 18.9. The van der Waals surface area contributed by atoms with Crippen LogP contribution < -0.4 is 15.4 Å².